The lowest BCUT2D eigenvalue weighted by molar-refractivity contribution is -0.127. The molecular formula is C28H26BrN2OP. The molecule has 0 bridgehead atoms. The Morgan fingerprint density at radius 3 is 1.73 bits per heavy atom. The second kappa shape index (κ2) is 10.4. The molecule has 2 heterocycles. The van der Waals surface area contributed by atoms with E-state index in [1.807, 2.05) is 23.2 Å². The minimum Gasteiger partial charge on any atom is -1.00 e. The van der Waals surface area contributed by atoms with Gasteiger partial charge in [0.1, 0.15) is 23.2 Å². The van der Waals surface area contributed by atoms with Gasteiger partial charge in [-0.05, 0) is 48.0 Å². The smallest absolute Gasteiger partial charge is 0.264 e. The van der Waals surface area contributed by atoms with Crippen molar-refractivity contribution in [3.63, 3.8) is 0 Å². The number of benzene rings is 3. The zero-order valence-corrected chi connectivity index (χ0v) is 20.8. The van der Waals surface area contributed by atoms with Crippen molar-refractivity contribution in [2.24, 2.45) is 0 Å². The summed E-state index contributed by atoms with van der Waals surface area (Å²) in [5.74, 6) is 0.249. The van der Waals surface area contributed by atoms with Crippen molar-refractivity contribution in [3.8, 4) is 0 Å². The lowest BCUT2D eigenvalue weighted by atomic mass is 10.3. The highest BCUT2D eigenvalue weighted by Crippen LogP contribution is 2.62. The average molecular weight is 517 g/mol. The number of rotatable bonds is 6. The SMILES string of the molecule is O=C1[C@H]([P+](c2ccccc2)(c2ccccc2)c2ccccc2)CCN1Cc1cccnc1.[Br-]. The first kappa shape index (κ1) is 23.4. The summed E-state index contributed by atoms with van der Waals surface area (Å²) in [6.45, 7) is 1.38. The van der Waals surface area contributed by atoms with Gasteiger partial charge in [0.05, 0.1) is 0 Å². The lowest BCUT2D eigenvalue weighted by Crippen LogP contribution is -3.00. The summed E-state index contributed by atoms with van der Waals surface area (Å²) < 4.78 is 0. The number of hydrogen-bond acceptors (Lipinski definition) is 2. The molecule has 166 valence electrons. The van der Waals surface area contributed by atoms with Gasteiger partial charge in [0.25, 0.3) is 5.91 Å². The maximum atomic E-state index is 14.0. The number of hydrogen-bond donors (Lipinski definition) is 0. The Morgan fingerprint density at radius 2 is 1.27 bits per heavy atom. The number of aromatic nitrogens is 1. The van der Waals surface area contributed by atoms with Gasteiger partial charge in [0, 0.05) is 31.9 Å². The first-order valence-corrected chi connectivity index (χ1v) is 12.9. The summed E-state index contributed by atoms with van der Waals surface area (Å²) in [6, 6.07) is 36.0. The van der Waals surface area contributed by atoms with Crippen molar-refractivity contribution in [1.82, 2.24) is 9.88 Å². The highest BCUT2D eigenvalue weighted by atomic mass is 79.9. The van der Waals surface area contributed by atoms with Gasteiger partial charge in [-0.2, -0.15) is 0 Å². The minimum absolute atomic E-state index is 0. The molecule has 0 unspecified atom stereocenters. The summed E-state index contributed by atoms with van der Waals surface area (Å²) in [5.41, 5.74) is 0.996. The van der Waals surface area contributed by atoms with Crippen LogP contribution < -0.4 is 32.9 Å². The normalized spacial score (nSPS) is 15.8. The van der Waals surface area contributed by atoms with Crippen molar-refractivity contribution in [1.29, 1.82) is 0 Å². The van der Waals surface area contributed by atoms with Gasteiger partial charge in [0.2, 0.25) is 0 Å². The van der Waals surface area contributed by atoms with Crippen LogP contribution in [0.5, 0.6) is 0 Å². The van der Waals surface area contributed by atoms with Gasteiger partial charge in [-0.25, -0.2) is 0 Å². The molecule has 1 saturated heterocycles. The molecule has 0 N–H and O–H groups in total. The summed E-state index contributed by atoms with van der Waals surface area (Å²) in [5, 5.41) is 3.79. The molecule has 0 saturated carbocycles. The van der Waals surface area contributed by atoms with Gasteiger partial charge in [-0.1, -0.05) is 60.7 Å². The fraction of sp³-hybridized carbons (Fsp3) is 0.143. The Balaban J connectivity index is 0.00000259. The third-order valence-corrected chi connectivity index (χ3v) is 11.1. The Bertz CT molecular complexity index is 1080. The number of likely N-dealkylation sites (tertiary alicyclic amines) is 1. The lowest BCUT2D eigenvalue weighted by Gasteiger charge is -2.32. The van der Waals surface area contributed by atoms with Crippen LogP contribution in [0, 0.1) is 0 Å². The number of pyridine rings is 1. The van der Waals surface area contributed by atoms with Gasteiger partial charge in [-0.3, -0.25) is 9.78 Å². The van der Waals surface area contributed by atoms with Crippen LogP contribution in [0.2, 0.25) is 0 Å². The van der Waals surface area contributed by atoms with Crippen molar-refractivity contribution in [2.45, 2.75) is 18.6 Å². The number of nitrogens with zero attached hydrogens (tertiary/aromatic N) is 2. The van der Waals surface area contributed by atoms with Gasteiger partial charge < -0.3 is 21.9 Å². The Labute approximate surface area is 206 Å². The number of carbonyl (C=O) groups is 1. The fourth-order valence-corrected chi connectivity index (χ4v) is 9.83. The molecule has 1 fully saturated rings. The van der Waals surface area contributed by atoms with E-state index in [0.717, 1.165) is 18.5 Å². The maximum Gasteiger partial charge on any atom is 0.264 e. The first-order valence-electron chi connectivity index (χ1n) is 11.0. The molecule has 4 aromatic rings. The van der Waals surface area contributed by atoms with E-state index in [2.05, 4.69) is 96.0 Å². The predicted molar refractivity (Wildman–Crippen MR) is 133 cm³/mol. The average Bonchev–Trinajstić information content (AvgIpc) is 3.22. The molecule has 0 radical (unpaired) electrons. The zero-order valence-electron chi connectivity index (χ0n) is 18.3. The molecule has 1 aromatic heterocycles. The highest BCUT2D eigenvalue weighted by Gasteiger charge is 2.58. The van der Waals surface area contributed by atoms with Crippen LogP contribution in [-0.4, -0.2) is 28.0 Å². The van der Waals surface area contributed by atoms with E-state index in [1.165, 1.54) is 15.9 Å². The second-order valence-corrected chi connectivity index (χ2v) is 11.8. The van der Waals surface area contributed by atoms with Crippen LogP contribution >= 0.6 is 7.26 Å². The Kier molecular flexibility index (Phi) is 7.37. The van der Waals surface area contributed by atoms with Crippen molar-refractivity contribution >= 4 is 29.1 Å². The van der Waals surface area contributed by atoms with Gasteiger partial charge in [-0.15, -0.1) is 0 Å². The topological polar surface area (TPSA) is 33.2 Å². The molecule has 0 spiro atoms. The zero-order chi connectivity index (χ0) is 21.8. The summed E-state index contributed by atoms with van der Waals surface area (Å²) in [4.78, 5) is 20.3. The van der Waals surface area contributed by atoms with E-state index in [4.69, 9.17) is 0 Å². The van der Waals surface area contributed by atoms with E-state index in [0.29, 0.717) is 6.54 Å². The second-order valence-electron chi connectivity index (χ2n) is 8.15. The maximum absolute atomic E-state index is 14.0. The van der Waals surface area contributed by atoms with Crippen LogP contribution in [0.15, 0.2) is 116 Å². The summed E-state index contributed by atoms with van der Waals surface area (Å²) >= 11 is 0. The summed E-state index contributed by atoms with van der Waals surface area (Å²) in [6.07, 6.45) is 4.48. The Hall–Kier alpha value is -2.81. The number of carbonyl (C=O) groups excluding carboxylic acids is 1. The van der Waals surface area contributed by atoms with Crippen LogP contribution in [0.4, 0.5) is 0 Å². The third kappa shape index (κ3) is 4.38. The monoisotopic (exact) mass is 516 g/mol. The van der Waals surface area contributed by atoms with E-state index in [1.54, 1.807) is 6.20 Å². The fourth-order valence-electron chi connectivity index (χ4n) is 4.93. The molecule has 1 aliphatic heterocycles. The number of halogens is 1. The minimum atomic E-state index is -2.21. The van der Waals surface area contributed by atoms with Crippen LogP contribution in [0.25, 0.3) is 0 Å². The van der Waals surface area contributed by atoms with Gasteiger partial charge in [0.15, 0.2) is 5.66 Å². The molecule has 3 nitrogen and oxygen atoms in total. The Morgan fingerprint density at radius 1 is 0.758 bits per heavy atom. The van der Waals surface area contributed by atoms with Crippen molar-refractivity contribution in [2.75, 3.05) is 6.54 Å². The molecule has 1 aliphatic rings. The highest BCUT2D eigenvalue weighted by molar-refractivity contribution is 7.96. The standard InChI is InChI=1S/C28H26N2OP.BrH/c31-28-27(18-20-30(28)22-23-11-10-19-29-21-23)32(24-12-4-1-5-13-24,25-14-6-2-7-15-25)26-16-8-3-9-17-26;/h1-17,19,21,27H,18,20,22H2;1H/q+1;/p-1/t27-;/m1./s1. The van der Waals surface area contributed by atoms with E-state index in [9.17, 15) is 4.79 Å². The molecule has 1 atom stereocenters. The largest absolute Gasteiger partial charge is 1.00 e. The predicted octanol–water partition coefficient (Wildman–Crippen LogP) is 1.18. The van der Waals surface area contributed by atoms with Crippen LogP contribution in [-0.2, 0) is 11.3 Å². The van der Waals surface area contributed by atoms with Gasteiger partial charge >= 0.3 is 0 Å². The third-order valence-electron chi connectivity index (χ3n) is 6.32. The molecule has 3 aromatic carbocycles. The van der Waals surface area contributed by atoms with Crippen LogP contribution in [0.3, 0.4) is 0 Å². The van der Waals surface area contributed by atoms with E-state index >= 15 is 0 Å². The molecule has 5 heteroatoms. The molecule has 0 aliphatic carbocycles. The van der Waals surface area contributed by atoms with Crippen LogP contribution in [0.1, 0.15) is 12.0 Å². The van der Waals surface area contributed by atoms with Crippen molar-refractivity contribution < 1.29 is 21.8 Å². The first-order chi connectivity index (χ1) is 15.8. The summed E-state index contributed by atoms with van der Waals surface area (Å²) in [7, 11) is -2.21. The number of amides is 1. The van der Waals surface area contributed by atoms with E-state index < -0.39 is 7.26 Å². The molecule has 33 heavy (non-hydrogen) atoms. The quantitative estimate of drug-likeness (QED) is 0.360. The molecule has 5 rings (SSSR count). The van der Waals surface area contributed by atoms with Crippen molar-refractivity contribution in [3.05, 3.63) is 121 Å². The molecule has 1 amide bonds. The molecular weight excluding hydrogens is 491 g/mol. The van der Waals surface area contributed by atoms with E-state index in [-0.39, 0.29) is 28.5 Å².